The first-order valence-corrected chi connectivity index (χ1v) is 11.4. The van der Waals surface area contributed by atoms with Gasteiger partial charge in [-0.1, -0.05) is 67.5 Å². The maximum absolute atomic E-state index is 13.2. The van der Waals surface area contributed by atoms with Crippen LogP contribution in [0.5, 0.6) is 0 Å². The first-order chi connectivity index (χ1) is 16.1. The lowest BCUT2D eigenvalue weighted by atomic mass is 9.98. The number of anilines is 2. The number of carbonyl (C=O) groups excluding carboxylic acids is 2. The molecule has 180 valence electrons. The Kier molecular flexibility index (Phi) is 8.11. The van der Waals surface area contributed by atoms with Crippen molar-refractivity contribution in [1.29, 1.82) is 0 Å². The van der Waals surface area contributed by atoms with Crippen LogP contribution in [0.25, 0.3) is 10.6 Å². The van der Waals surface area contributed by atoms with Gasteiger partial charge in [0.25, 0.3) is 0 Å². The molecule has 0 aliphatic carbocycles. The van der Waals surface area contributed by atoms with Crippen molar-refractivity contribution in [2.75, 3.05) is 10.6 Å². The molecular formula is C22H21ClF3N5O2S. The van der Waals surface area contributed by atoms with Crippen LogP contribution in [0.3, 0.4) is 0 Å². The number of alkyl halides is 3. The van der Waals surface area contributed by atoms with E-state index in [1.807, 2.05) is 6.92 Å². The van der Waals surface area contributed by atoms with E-state index in [1.54, 1.807) is 31.2 Å². The number of rotatable bonds is 7. The van der Waals surface area contributed by atoms with E-state index < -0.39 is 35.4 Å². The SMILES string of the molecule is CCC(C)C(NC(=O)Nc1ccccc1C(F)(F)F)C(=O)Nc1nnc(-c2cccc(Cl)c2)s1. The van der Waals surface area contributed by atoms with Crippen molar-refractivity contribution in [3.63, 3.8) is 0 Å². The normalized spacial score (nSPS) is 13.1. The third-order valence-electron chi connectivity index (χ3n) is 4.99. The van der Waals surface area contributed by atoms with E-state index in [1.165, 1.54) is 12.1 Å². The van der Waals surface area contributed by atoms with Gasteiger partial charge in [-0.15, -0.1) is 10.2 Å². The Morgan fingerprint density at radius 3 is 2.50 bits per heavy atom. The van der Waals surface area contributed by atoms with Gasteiger partial charge in [0.15, 0.2) is 0 Å². The third kappa shape index (κ3) is 6.45. The zero-order valence-electron chi connectivity index (χ0n) is 18.1. The molecule has 3 rings (SSSR count). The van der Waals surface area contributed by atoms with Gasteiger partial charge in [0.2, 0.25) is 11.0 Å². The van der Waals surface area contributed by atoms with Gasteiger partial charge in [-0.2, -0.15) is 13.2 Å². The molecule has 3 N–H and O–H groups in total. The number of amides is 3. The monoisotopic (exact) mass is 511 g/mol. The molecule has 7 nitrogen and oxygen atoms in total. The Labute approximate surface area is 202 Å². The first kappa shape index (κ1) is 25.4. The lowest BCUT2D eigenvalue weighted by molar-refractivity contribution is -0.137. The smallest absolute Gasteiger partial charge is 0.326 e. The lowest BCUT2D eigenvalue weighted by Gasteiger charge is -2.23. The molecule has 0 aliphatic heterocycles. The van der Waals surface area contributed by atoms with Gasteiger partial charge in [0.05, 0.1) is 11.3 Å². The molecular weight excluding hydrogens is 491 g/mol. The lowest BCUT2D eigenvalue weighted by Crippen LogP contribution is -2.49. The summed E-state index contributed by atoms with van der Waals surface area (Å²) in [5.74, 6) is -0.883. The van der Waals surface area contributed by atoms with Crippen LogP contribution in [-0.4, -0.2) is 28.2 Å². The summed E-state index contributed by atoms with van der Waals surface area (Å²) in [7, 11) is 0. The van der Waals surface area contributed by atoms with Crippen LogP contribution < -0.4 is 16.0 Å². The number of benzene rings is 2. The molecule has 1 heterocycles. The number of halogens is 4. The van der Waals surface area contributed by atoms with Crippen molar-refractivity contribution >= 4 is 45.7 Å². The van der Waals surface area contributed by atoms with Gasteiger partial charge >= 0.3 is 12.2 Å². The van der Waals surface area contributed by atoms with Crippen molar-refractivity contribution in [3.05, 3.63) is 59.1 Å². The maximum Gasteiger partial charge on any atom is 0.418 e. The molecule has 3 amide bonds. The molecule has 0 aliphatic rings. The Hall–Kier alpha value is -3.18. The summed E-state index contributed by atoms with van der Waals surface area (Å²) >= 11 is 7.12. The summed E-state index contributed by atoms with van der Waals surface area (Å²) in [5.41, 5.74) is -0.673. The van der Waals surface area contributed by atoms with Crippen LogP contribution >= 0.6 is 22.9 Å². The Balaban J connectivity index is 1.72. The molecule has 0 fully saturated rings. The second kappa shape index (κ2) is 10.8. The number of carbonyl (C=O) groups is 2. The molecule has 12 heteroatoms. The standard InChI is InChI=1S/C22H21ClF3N5O2S/c1-3-12(2)17(28-20(33)27-16-10-5-4-9-15(16)22(24,25)26)18(32)29-21-31-30-19(34-21)13-7-6-8-14(23)11-13/h4-12,17H,3H2,1-2H3,(H2,27,28,33)(H,29,31,32). The fourth-order valence-corrected chi connectivity index (χ4v) is 3.97. The van der Waals surface area contributed by atoms with Gasteiger partial charge in [-0.3, -0.25) is 10.1 Å². The highest BCUT2D eigenvalue weighted by molar-refractivity contribution is 7.18. The topological polar surface area (TPSA) is 96.0 Å². The number of urea groups is 1. The van der Waals surface area contributed by atoms with E-state index in [9.17, 15) is 22.8 Å². The minimum Gasteiger partial charge on any atom is -0.326 e. The van der Waals surface area contributed by atoms with Crippen molar-refractivity contribution < 1.29 is 22.8 Å². The molecule has 2 aromatic carbocycles. The van der Waals surface area contributed by atoms with Crippen LogP contribution in [0.2, 0.25) is 5.02 Å². The maximum atomic E-state index is 13.2. The van der Waals surface area contributed by atoms with Crippen molar-refractivity contribution in [2.45, 2.75) is 32.5 Å². The number of hydrogen-bond acceptors (Lipinski definition) is 5. The fourth-order valence-electron chi connectivity index (χ4n) is 3.04. The summed E-state index contributed by atoms with van der Waals surface area (Å²) in [5, 5.41) is 16.5. The highest BCUT2D eigenvalue weighted by Crippen LogP contribution is 2.34. The average molecular weight is 512 g/mol. The third-order valence-corrected chi connectivity index (χ3v) is 6.11. The van der Waals surface area contributed by atoms with Crippen LogP contribution in [0, 0.1) is 5.92 Å². The molecule has 0 spiro atoms. The highest BCUT2D eigenvalue weighted by Gasteiger charge is 2.34. The highest BCUT2D eigenvalue weighted by atomic mass is 35.5. The number of nitrogens with zero attached hydrogens (tertiary/aromatic N) is 2. The molecule has 2 unspecified atom stereocenters. The number of nitrogens with one attached hydrogen (secondary N) is 3. The summed E-state index contributed by atoms with van der Waals surface area (Å²) in [6, 6.07) is 9.62. The van der Waals surface area contributed by atoms with E-state index >= 15 is 0 Å². The van der Waals surface area contributed by atoms with E-state index in [0.29, 0.717) is 16.5 Å². The van der Waals surface area contributed by atoms with Crippen molar-refractivity contribution in [1.82, 2.24) is 15.5 Å². The predicted octanol–water partition coefficient (Wildman–Crippen LogP) is 6.05. The summed E-state index contributed by atoms with van der Waals surface area (Å²) in [6.45, 7) is 3.57. The quantitative estimate of drug-likeness (QED) is 0.359. The molecule has 3 aromatic rings. The molecule has 0 saturated heterocycles. The summed E-state index contributed by atoms with van der Waals surface area (Å²) < 4.78 is 39.6. The van der Waals surface area contributed by atoms with E-state index in [4.69, 9.17) is 11.6 Å². The van der Waals surface area contributed by atoms with Gasteiger partial charge in [0.1, 0.15) is 11.0 Å². The fraction of sp³-hybridized carbons (Fsp3) is 0.273. The van der Waals surface area contributed by atoms with E-state index in [0.717, 1.165) is 29.0 Å². The van der Waals surface area contributed by atoms with Gasteiger partial charge < -0.3 is 10.6 Å². The van der Waals surface area contributed by atoms with Gasteiger partial charge in [0, 0.05) is 10.6 Å². The van der Waals surface area contributed by atoms with Crippen molar-refractivity contribution in [2.24, 2.45) is 5.92 Å². The predicted molar refractivity (Wildman–Crippen MR) is 126 cm³/mol. The molecule has 34 heavy (non-hydrogen) atoms. The summed E-state index contributed by atoms with van der Waals surface area (Å²) in [4.78, 5) is 25.4. The number of hydrogen-bond donors (Lipinski definition) is 3. The molecule has 0 saturated carbocycles. The Bertz CT molecular complexity index is 1170. The zero-order valence-corrected chi connectivity index (χ0v) is 19.7. The summed E-state index contributed by atoms with van der Waals surface area (Å²) in [6.07, 6.45) is -4.11. The van der Waals surface area contributed by atoms with Gasteiger partial charge in [-0.05, 0) is 30.2 Å². The Morgan fingerprint density at radius 2 is 1.82 bits per heavy atom. The molecule has 0 radical (unpaired) electrons. The van der Waals surface area contributed by atoms with Gasteiger partial charge in [-0.25, -0.2) is 4.79 Å². The number of para-hydroxylation sites is 1. The van der Waals surface area contributed by atoms with Crippen LogP contribution in [0.15, 0.2) is 48.5 Å². The minimum atomic E-state index is -4.64. The molecule has 1 aromatic heterocycles. The van der Waals surface area contributed by atoms with Crippen LogP contribution in [-0.2, 0) is 11.0 Å². The molecule has 2 atom stereocenters. The van der Waals surface area contributed by atoms with E-state index in [-0.39, 0.29) is 11.0 Å². The second-order valence-corrected chi connectivity index (χ2v) is 8.83. The number of aromatic nitrogens is 2. The molecule has 0 bridgehead atoms. The second-order valence-electron chi connectivity index (χ2n) is 7.42. The van der Waals surface area contributed by atoms with Crippen LogP contribution in [0.4, 0.5) is 28.8 Å². The van der Waals surface area contributed by atoms with Crippen molar-refractivity contribution in [3.8, 4) is 10.6 Å². The minimum absolute atomic E-state index is 0.206. The van der Waals surface area contributed by atoms with Crippen LogP contribution in [0.1, 0.15) is 25.8 Å². The first-order valence-electron chi connectivity index (χ1n) is 10.2. The van der Waals surface area contributed by atoms with E-state index in [2.05, 4.69) is 26.1 Å². The zero-order chi connectivity index (χ0) is 24.9. The average Bonchev–Trinajstić information content (AvgIpc) is 3.25. The largest absolute Gasteiger partial charge is 0.418 e. The Morgan fingerprint density at radius 1 is 1.09 bits per heavy atom.